The van der Waals surface area contributed by atoms with Crippen molar-refractivity contribution in [2.45, 2.75) is 28.7 Å². The summed E-state index contributed by atoms with van der Waals surface area (Å²) in [6.45, 7) is 0.0867. The molecule has 0 saturated heterocycles. The van der Waals surface area contributed by atoms with Gasteiger partial charge in [-0.2, -0.15) is 0 Å². The van der Waals surface area contributed by atoms with Gasteiger partial charge in [0.05, 0.1) is 28.0 Å². The van der Waals surface area contributed by atoms with Gasteiger partial charge in [0.25, 0.3) is 0 Å². The molecule has 8 nitrogen and oxygen atoms in total. The zero-order valence-electron chi connectivity index (χ0n) is 21.9. The lowest BCUT2D eigenvalue weighted by Gasteiger charge is -2.22. The number of halogens is 1. The lowest BCUT2D eigenvalue weighted by molar-refractivity contribution is 0.0962. The zero-order chi connectivity index (χ0) is 29.4. The average Bonchev–Trinajstić information content (AvgIpc) is 2.97. The minimum atomic E-state index is -3.85. The van der Waals surface area contributed by atoms with Gasteiger partial charge in [0.15, 0.2) is 6.29 Å². The molecule has 0 bridgehead atoms. The first kappa shape index (κ1) is 29.8. The predicted octanol–water partition coefficient (Wildman–Crippen LogP) is 6.42. The Kier molecular flexibility index (Phi) is 9.78. The van der Waals surface area contributed by atoms with Crippen LogP contribution in [-0.4, -0.2) is 49.0 Å². The van der Waals surface area contributed by atoms with E-state index in [1.54, 1.807) is 72.8 Å². The summed E-state index contributed by atoms with van der Waals surface area (Å²) in [7, 11) is -3.85. The van der Waals surface area contributed by atoms with Crippen LogP contribution in [0.2, 0.25) is 5.02 Å². The van der Waals surface area contributed by atoms with Crippen molar-refractivity contribution < 1.29 is 33.0 Å². The fraction of sp³-hybridized carbons (Fsp3) is 0.161. The summed E-state index contributed by atoms with van der Waals surface area (Å²) in [6.07, 6.45) is -0.508. The Bertz CT molecular complexity index is 1620. The Morgan fingerprint density at radius 1 is 0.927 bits per heavy atom. The first-order valence-corrected chi connectivity index (χ1v) is 14.6. The molecule has 41 heavy (non-hydrogen) atoms. The van der Waals surface area contributed by atoms with Crippen LogP contribution in [0.25, 0.3) is 0 Å². The number of rotatable bonds is 12. The fourth-order valence-electron chi connectivity index (χ4n) is 4.24. The van der Waals surface area contributed by atoms with Gasteiger partial charge in [0.2, 0.25) is 9.84 Å². The fourth-order valence-corrected chi connectivity index (χ4v) is 5.74. The van der Waals surface area contributed by atoms with Gasteiger partial charge < -0.3 is 19.8 Å². The van der Waals surface area contributed by atoms with Crippen LogP contribution >= 0.6 is 11.6 Å². The van der Waals surface area contributed by atoms with Gasteiger partial charge in [-0.15, -0.1) is 0 Å². The van der Waals surface area contributed by atoms with E-state index in [9.17, 15) is 28.2 Å². The van der Waals surface area contributed by atoms with Crippen molar-refractivity contribution in [2.24, 2.45) is 0 Å². The molecule has 4 rings (SSSR count). The molecule has 0 saturated carbocycles. The van der Waals surface area contributed by atoms with Crippen LogP contribution in [0.3, 0.4) is 0 Å². The molecule has 1 amide bonds. The highest BCUT2D eigenvalue weighted by atomic mass is 35.5. The van der Waals surface area contributed by atoms with Crippen LogP contribution in [0.5, 0.6) is 11.5 Å². The van der Waals surface area contributed by atoms with Gasteiger partial charge in [0.1, 0.15) is 11.5 Å². The number of ether oxygens (including phenoxy) is 1. The van der Waals surface area contributed by atoms with E-state index in [0.717, 1.165) is 10.5 Å². The van der Waals surface area contributed by atoms with Gasteiger partial charge in [-0.1, -0.05) is 54.1 Å². The summed E-state index contributed by atoms with van der Waals surface area (Å²) in [5.74, 6) is 0.599. The molecule has 0 spiro atoms. The minimum Gasteiger partial charge on any atom is -0.465 e. The summed E-state index contributed by atoms with van der Waals surface area (Å²) in [6, 6.07) is 25.8. The smallest absolute Gasteiger partial charge is 0.407 e. The molecule has 0 aliphatic carbocycles. The van der Waals surface area contributed by atoms with Gasteiger partial charge >= 0.3 is 6.09 Å². The molecule has 0 unspecified atom stereocenters. The second-order valence-corrected chi connectivity index (χ2v) is 11.7. The summed E-state index contributed by atoms with van der Waals surface area (Å²) < 4.78 is 32.3. The normalized spacial score (nSPS) is 12.0. The third-order valence-corrected chi connectivity index (χ3v) is 8.42. The number of hydrogen-bond acceptors (Lipinski definition) is 6. The maximum Gasteiger partial charge on any atom is 0.407 e. The van der Waals surface area contributed by atoms with Crippen molar-refractivity contribution in [3.63, 3.8) is 0 Å². The van der Waals surface area contributed by atoms with Crippen molar-refractivity contribution in [3.8, 4) is 11.5 Å². The van der Waals surface area contributed by atoms with Crippen molar-refractivity contribution >= 4 is 33.8 Å². The van der Waals surface area contributed by atoms with Crippen molar-refractivity contribution in [3.05, 3.63) is 119 Å². The molecule has 2 N–H and O–H groups in total. The molecule has 4 aromatic carbocycles. The topological polar surface area (TPSA) is 121 Å². The Morgan fingerprint density at radius 2 is 1.66 bits per heavy atom. The minimum absolute atomic E-state index is 0.0432. The maximum atomic E-state index is 13.3. The lowest BCUT2D eigenvalue weighted by Crippen LogP contribution is -2.34. The van der Waals surface area contributed by atoms with Crippen molar-refractivity contribution in [1.29, 1.82) is 0 Å². The Balaban J connectivity index is 1.38. The van der Waals surface area contributed by atoms with Crippen LogP contribution in [0.15, 0.2) is 107 Å². The van der Waals surface area contributed by atoms with E-state index >= 15 is 0 Å². The van der Waals surface area contributed by atoms with Crippen molar-refractivity contribution in [2.75, 3.05) is 13.1 Å². The van der Waals surface area contributed by atoms with E-state index in [-0.39, 0.29) is 28.6 Å². The number of aliphatic hydroxyl groups excluding tert-OH is 1. The number of aldehydes is 1. The van der Waals surface area contributed by atoms with Crippen molar-refractivity contribution in [1.82, 2.24) is 4.90 Å². The van der Waals surface area contributed by atoms with Crippen LogP contribution in [0, 0.1) is 0 Å². The molecule has 0 radical (unpaired) electrons. The molecule has 0 fully saturated rings. The summed E-state index contributed by atoms with van der Waals surface area (Å²) in [5.41, 5.74) is 1.72. The quantitative estimate of drug-likeness (QED) is 0.182. The number of sulfone groups is 1. The molecule has 0 heterocycles. The molecular formula is C31H28ClNO7S. The van der Waals surface area contributed by atoms with Gasteiger partial charge in [0, 0.05) is 11.6 Å². The molecule has 4 aromatic rings. The number of carbonyl (C=O) groups excluding carboxylic acids is 1. The highest BCUT2D eigenvalue weighted by molar-refractivity contribution is 7.91. The lowest BCUT2D eigenvalue weighted by atomic mass is 10.1. The number of aliphatic hydroxyl groups is 1. The summed E-state index contributed by atoms with van der Waals surface area (Å²) in [5, 5.41) is 20.5. The van der Waals surface area contributed by atoms with E-state index in [0.29, 0.717) is 41.0 Å². The van der Waals surface area contributed by atoms with Gasteiger partial charge in [-0.05, 0) is 78.6 Å². The van der Waals surface area contributed by atoms with E-state index in [1.807, 2.05) is 0 Å². The van der Waals surface area contributed by atoms with E-state index < -0.39 is 22.0 Å². The first-order valence-electron chi connectivity index (χ1n) is 12.7. The molecule has 0 aliphatic rings. The number of benzene rings is 4. The summed E-state index contributed by atoms with van der Waals surface area (Å²) in [4.78, 5) is 24.3. The number of carbonyl (C=O) groups is 2. The summed E-state index contributed by atoms with van der Waals surface area (Å²) >= 11 is 5.97. The third-order valence-electron chi connectivity index (χ3n) is 6.41. The SMILES string of the molecule is O=Cc1ccccc1Oc1cccc(S(=O)(=O)c2ccc(CCCN(C[C@H](O)c3cccc(Cl)c3)C(=O)O)cc2)c1. The number of amides is 1. The van der Waals surface area contributed by atoms with Gasteiger partial charge in [-0.25, -0.2) is 13.2 Å². The van der Waals surface area contributed by atoms with Crippen LogP contribution in [0.1, 0.15) is 34.0 Å². The first-order chi connectivity index (χ1) is 19.7. The van der Waals surface area contributed by atoms with Gasteiger partial charge in [-0.3, -0.25) is 4.79 Å². The molecule has 0 aliphatic heterocycles. The van der Waals surface area contributed by atoms with E-state index in [2.05, 4.69) is 0 Å². The Labute approximate surface area is 243 Å². The number of para-hydroxylation sites is 1. The van der Waals surface area contributed by atoms with Crippen LogP contribution in [-0.2, 0) is 16.3 Å². The van der Waals surface area contributed by atoms with Crippen LogP contribution in [0.4, 0.5) is 4.79 Å². The molecule has 0 aromatic heterocycles. The van der Waals surface area contributed by atoms with Crippen LogP contribution < -0.4 is 4.74 Å². The second-order valence-electron chi connectivity index (χ2n) is 9.28. The Hall–Kier alpha value is -4.18. The number of nitrogens with zero attached hydrogens (tertiary/aromatic N) is 1. The Morgan fingerprint density at radius 3 is 2.37 bits per heavy atom. The highest BCUT2D eigenvalue weighted by Gasteiger charge is 2.20. The second kappa shape index (κ2) is 13.5. The molecular weight excluding hydrogens is 566 g/mol. The maximum absolute atomic E-state index is 13.3. The highest BCUT2D eigenvalue weighted by Crippen LogP contribution is 2.29. The number of hydrogen-bond donors (Lipinski definition) is 2. The largest absolute Gasteiger partial charge is 0.465 e. The molecule has 10 heteroatoms. The zero-order valence-corrected chi connectivity index (χ0v) is 23.5. The molecule has 1 atom stereocenters. The van der Waals surface area contributed by atoms with E-state index in [4.69, 9.17) is 16.3 Å². The molecule has 212 valence electrons. The third kappa shape index (κ3) is 7.73. The number of carboxylic acid groups (broad SMARTS) is 1. The van der Waals surface area contributed by atoms with E-state index in [1.165, 1.54) is 24.3 Å². The average molecular weight is 594 g/mol. The predicted molar refractivity (Wildman–Crippen MR) is 155 cm³/mol. The monoisotopic (exact) mass is 593 g/mol. The number of aryl methyl sites for hydroxylation is 1. The standard InChI is InChI=1S/C31H28ClNO7S/c32-25-9-3-8-23(18-25)29(35)20-33(31(36)37)17-5-6-22-13-15-27(16-14-22)41(38,39)28-11-4-10-26(19-28)40-30-12-2-1-7-24(30)21-34/h1-4,7-16,18-19,21,29,35H,5-6,17,20H2,(H,36,37)/t29-/m0/s1.